The predicted octanol–water partition coefficient (Wildman–Crippen LogP) is 5.46. The number of hydrogen-bond donors (Lipinski definition) is 1. The molecule has 0 aliphatic carbocycles. The van der Waals surface area contributed by atoms with E-state index in [2.05, 4.69) is 21.6 Å². The number of thiophene rings is 1. The molecule has 10 heteroatoms. The first-order valence-electron chi connectivity index (χ1n) is 13.1. The lowest BCUT2D eigenvalue weighted by Crippen LogP contribution is -2.33. The van der Waals surface area contributed by atoms with Crippen molar-refractivity contribution in [1.29, 1.82) is 5.26 Å². The van der Waals surface area contributed by atoms with E-state index < -0.39 is 11.8 Å². The number of carboxylic acid groups (broad SMARTS) is 1. The number of carboxylic acids is 1. The molecule has 6 rings (SSSR count). The van der Waals surface area contributed by atoms with Crippen LogP contribution < -0.4 is 4.74 Å². The van der Waals surface area contributed by atoms with E-state index in [1.54, 1.807) is 18.2 Å². The van der Waals surface area contributed by atoms with Gasteiger partial charge in [-0.2, -0.15) is 5.26 Å². The Balaban J connectivity index is 1.12. The summed E-state index contributed by atoms with van der Waals surface area (Å²) in [5.74, 6) is 0.204. The third kappa shape index (κ3) is 5.49. The lowest BCUT2D eigenvalue weighted by atomic mass is 9.99. The molecule has 1 fully saturated rings. The molecule has 0 bridgehead atoms. The molecule has 1 saturated heterocycles. The number of imidazole rings is 1. The molecule has 1 atom stereocenters. The van der Waals surface area contributed by atoms with Crippen LogP contribution in [0.15, 0.2) is 54.6 Å². The van der Waals surface area contributed by atoms with Crippen molar-refractivity contribution in [3.8, 4) is 11.8 Å². The predicted molar refractivity (Wildman–Crippen MR) is 149 cm³/mol. The fourth-order valence-corrected chi connectivity index (χ4v) is 5.91. The second-order valence-corrected chi connectivity index (χ2v) is 11.0. The second-order valence-electron chi connectivity index (χ2n) is 9.98. The van der Waals surface area contributed by atoms with Crippen molar-refractivity contribution in [3.63, 3.8) is 0 Å². The summed E-state index contributed by atoms with van der Waals surface area (Å²) in [6.07, 6.45) is 4.21. The zero-order chi connectivity index (χ0) is 27.6. The van der Waals surface area contributed by atoms with Gasteiger partial charge in [0, 0.05) is 25.3 Å². The molecule has 2 aromatic carbocycles. The number of fused-ring (bicyclic) bond motifs is 1. The second kappa shape index (κ2) is 11.2. The topological polar surface area (TPSA) is 101 Å². The maximum Gasteiger partial charge on any atom is 0.346 e. The minimum atomic E-state index is -0.930. The van der Waals surface area contributed by atoms with Gasteiger partial charge >= 0.3 is 5.97 Å². The van der Waals surface area contributed by atoms with Crippen molar-refractivity contribution in [2.75, 3.05) is 19.7 Å². The Kier molecular flexibility index (Phi) is 7.34. The lowest BCUT2D eigenvalue weighted by Gasteiger charge is -2.29. The van der Waals surface area contributed by atoms with Crippen molar-refractivity contribution >= 4 is 33.2 Å². The largest absolute Gasteiger partial charge is 0.489 e. The number of aromatic nitrogens is 2. The summed E-state index contributed by atoms with van der Waals surface area (Å²) in [6, 6.07) is 15.9. The number of benzene rings is 2. The van der Waals surface area contributed by atoms with Crippen LogP contribution in [0, 0.1) is 17.1 Å². The van der Waals surface area contributed by atoms with Gasteiger partial charge in [0.25, 0.3) is 0 Å². The zero-order valence-electron chi connectivity index (χ0n) is 21.7. The highest BCUT2D eigenvalue weighted by atomic mass is 32.1. The zero-order valence-corrected chi connectivity index (χ0v) is 22.5. The van der Waals surface area contributed by atoms with Gasteiger partial charge in [0.1, 0.15) is 33.7 Å². The first-order chi connectivity index (χ1) is 19.5. The first-order valence-corrected chi connectivity index (χ1v) is 14.0. The first kappa shape index (κ1) is 26.2. The van der Waals surface area contributed by atoms with E-state index in [4.69, 9.17) is 19.7 Å². The highest BCUT2D eigenvalue weighted by Crippen LogP contribution is 2.30. The average molecular weight is 559 g/mol. The van der Waals surface area contributed by atoms with E-state index in [1.807, 2.05) is 24.3 Å². The molecule has 1 unspecified atom stereocenters. The van der Waals surface area contributed by atoms with Crippen molar-refractivity contribution in [2.24, 2.45) is 0 Å². The van der Waals surface area contributed by atoms with Crippen LogP contribution in [0.4, 0.5) is 4.39 Å². The van der Waals surface area contributed by atoms with Crippen molar-refractivity contribution < 1.29 is 23.8 Å². The van der Waals surface area contributed by atoms with E-state index in [0.717, 1.165) is 54.3 Å². The fourth-order valence-electron chi connectivity index (χ4n) is 5.02. The molecular formula is C30H27FN4O4S. The Bertz CT molecular complexity index is 1650. The Morgan fingerprint density at radius 2 is 2.15 bits per heavy atom. The number of carbonyl (C=O) groups is 1. The van der Waals surface area contributed by atoms with Gasteiger partial charge in [0.2, 0.25) is 0 Å². The summed E-state index contributed by atoms with van der Waals surface area (Å²) in [5.41, 5.74) is 3.84. The highest BCUT2D eigenvalue weighted by Gasteiger charge is 2.25. The molecular weight excluding hydrogens is 531 g/mol. The molecule has 0 radical (unpaired) electrons. The summed E-state index contributed by atoms with van der Waals surface area (Å²) >= 11 is 1.21. The Hall–Kier alpha value is -4.04. The number of nitriles is 1. The number of aromatic carboxylic acids is 1. The Morgan fingerprint density at radius 1 is 1.27 bits per heavy atom. The van der Waals surface area contributed by atoms with Crippen molar-refractivity contribution in [1.82, 2.24) is 14.5 Å². The molecule has 204 valence electrons. The van der Waals surface area contributed by atoms with Gasteiger partial charge in [-0.3, -0.25) is 4.90 Å². The van der Waals surface area contributed by atoms with E-state index in [1.165, 1.54) is 23.0 Å². The molecule has 1 N–H and O–H groups in total. The summed E-state index contributed by atoms with van der Waals surface area (Å²) in [5, 5.41) is 18.3. The van der Waals surface area contributed by atoms with Crippen LogP contribution >= 0.6 is 11.3 Å². The summed E-state index contributed by atoms with van der Waals surface area (Å²) in [4.78, 5) is 19.7. The smallest absolute Gasteiger partial charge is 0.346 e. The molecule has 0 amide bonds. The van der Waals surface area contributed by atoms with Gasteiger partial charge in [0.05, 0.1) is 36.3 Å². The Labute approximate surface area is 234 Å². The van der Waals surface area contributed by atoms with E-state index in [-0.39, 0.29) is 18.3 Å². The van der Waals surface area contributed by atoms with Crippen LogP contribution in [0.3, 0.4) is 0 Å². The van der Waals surface area contributed by atoms with Crippen LogP contribution in [0.25, 0.3) is 15.9 Å². The number of hydrogen-bond acceptors (Lipinski definition) is 7. The summed E-state index contributed by atoms with van der Waals surface area (Å²) in [6.45, 7) is 3.80. The Morgan fingerprint density at radius 3 is 2.85 bits per heavy atom. The van der Waals surface area contributed by atoms with Crippen LogP contribution in [0.5, 0.6) is 5.75 Å². The van der Waals surface area contributed by atoms with Crippen LogP contribution in [-0.4, -0.2) is 51.3 Å². The monoisotopic (exact) mass is 558 g/mol. The average Bonchev–Trinajstić information content (AvgIpc) is 3.49. The summed E-state index contributed by atoms with van der Waals surface area (Å²) < 4.78 is 27.9. The summed E-state index contributed by atoms with van der Waals surface area (Å²) in [7, 11) is 0. The van der Waals surface area contributed by atoms with Gasteiger partial charge in [0.15, 0.2) is 0 Å². The van der Waals surface area contributed by atoms with Crippen LogP contribution in [-0.2, 0) is 24.4 Å². The molecule has 4 aromatic rings. The highest BCUT2D eigenvalue weighted by molar-refractivity contribution is 7.20. The van der Waals surface area contributed by atoms with E-state index in [0.29, 0.717) is 29.3 Å². The number of rotatable bonds is 9. The van der Waals surface area contributed by atoms with Gasteiger partial charge in [-0.25, -0.2) is 14.2 Å². The van der Waals surface area contributed by atoms with E-state index in [9.17, 15) is 14.3 Å². The quantitative estimate of drug-likeness (QED) is 0.291. The minimum absolute atomic E-state index is 0.0811. The SMILES string of the molecule is N#Cc1ccc(COc2cccc(C3=CCN(Cc4nc5sc(C(=O)O)cc5n4CC4CCO4)CC3)c2)c(F)c1. The molecule has 0 spiro atoms. The molecule has 40 heavy (non-hydrogen) atoms. The number of nitrogens with zero attached hydrogens (tertiary/aromatic N) is 4. The van der Waals surface area contributed by atoms with Gasteiger partial charge < -0.3 is 19.1 Å². The normalized spacial score (nSPS) is 17.3. The molecule has 2 aromatic heterocycles. The van der Waals surface area contributed by atoms with Crippen LogP contribution in [0.1, 0.15) is 45.0 Å². The lowest BCUT2D eigenvalue weighted by molar-refractivity contribution is -0.0591. The van der Waals surface area contributed by atoms with Gasteiger partial charge in [-0.15, -0.1) is 11.3 Å². The van der Waals surface area contributed by atoms with Crippen molar-refractivity contribution in [2.45, 2.75) is 38.6 Å². The number of halogens is 1. The number of ether oxygens (including phenoxy) is 2. The van der Waals surface area contributed by atoms with Gasteiger partial charge in [-0.1, -0.05) is 24.3 Å². The molecule has 4 heterocycles. The molecule has 0 saturated carbocycles. The molecule has 2 aliphatic rings. The minimum Gasteiger partial charge on any atom is -0.489 e. The standard InChI is InChI=1S/C30H27FN4O4S/c31-25-12-19(15-32)4-5-22(25)18-39-23-3-1-2-21(13-23)20-6-9-34(10-7-20)17-28-33-29-26(14-27(40-29)30(36)37)35(28)16-24-8-11-38-24/h1-6,12-14,24H,7-11,16-18H2,(H,36,37). The van der Waals surface area contributed by atoms with Crippen molar-refractivity contribution in [3.05, 3.63) is 87.8 Å². The molecule has 2 aliphatic heterocycles. The third-order valence-electron chi connectivity index (χ3n) is 7.36. The van der Waals surface area contributed by atoms with Gasteiger partial charge in [-0.05, 0) is 54.3 Å². The maximum atomic E-state index is 14.2. The molecule has 8 nitrogen and oxygen atoms in total. The third-order valence-corrected chi connectivity index (χ3v) is 8.36. The van der Waals surface area contributed by atoms with Crippen LogP contribution in [0.2, 0.25) is 0 Å². The maximum absolute atomic E-state index is 14.2. The fraction of sp³-hybridized carbons (Fsp3) is 0.300. The van der Waals surface area contributed by atoms with E-state index >= 15 is 0 Å².